The minimum Gasteiger partial charge on any atom is -0.390 e. The van der Waals surface area contributed by atoms with Crippen molar-refractivity contribution in [3.05, 3.63) is 0 Å². The number of nitrogens with two attached hydrogens (primary N) is 2. The molecule has 14 atom stereocenters. The molecule has 3 rings (SSSR count). The Morgan fingerprint density at radius 1 is 0.774 bits per heavy atom. The van der Waals surface area contributed by atoms with Crippen molar-refractivity contribution in [3.8, 4) is 0 Å². The molecule has 11 heteroatoms. The molecule has 0 bridgehead atoms. The minimum absolute atomic E-state index is 0.00142. The molecule has 2 aliphatic heterocycles. The highest BCUT2D eigenvalue weighted by Gasteiger charge is 2.51. The van der Waals surface area contributed by atoms with Gasteiger partial charge in [-0.3, -0.25) is 0 Å². The van der Waals surface area contributed by atoms with Crippen LogP contribution in [-0.4, -0.2) is 106 Å². The first-order chi connectivity index (χ1) is 14.6. The second kappa shape index (κ2) is 10.2. The second-order valence-electron chi connectivity index (χ2n) is 9.15. The van der Waals surface area contributed by atoms with Gasteiger partial charge in [0.2, 0.25) is 0 Å². The monoisotopic (exact) mass is 450 g/mol. The molecular formula is C20H38N2O9. The highest BCUT2D eigenvalue weighted by molar-refractivity contribution is 4.97. The van der Waals surface area contributed by atoms with Gasteiger partial charge in [0.1, 0.15) is 36.6 Å². The van der Waals surface area contributed by atoms with Gasteiger partial charge in [0.05, 0.1) is 24.4 Å². The summed E-state index contributed by atoms with van der Waals surface area (Å²) in [6.45, 7) is 5.63. The Morgan fingerprint density at radius 2 is 1.35 bits per heavy atom. The van der Waals surface area contributed by atoms with Crippen LogP contribution in [0.1, 0.15) is 33.6 Å². The molecular weight excluding hydrogens is 412 g/mol. The molecule has 182 valence electrons. The summed E-state index contributed by atoms with van der Waals surface area (Å²) in [5, 5.41) is 51.7. The Labute approximate surface area is 182 Å². The molecule has 2 heterocycles. The predicted molar refractivity (Wildman–Crippen MR) is 107 cm³/mol. The van der Waals surface area contributed by atoms with E-state index in [0.29, 0.717) is 12.8 Å². The van der Waals surface area contributed by atoms with Crippen LogP contribution in [0.3, 0.4) is 0 Å². The van der Waals surface area contributed by atoms with Gasteiger partial charge in [0.25, 0.3) is 0 Å². The van der Waals surface area contributed by atoms with Gasteiger partial charge in [0.15, 0.2) is 12.6 Å². The van der Waals surface area contributed by atoms with Gasteiger partial charge in [-0.05, 0) is 24.7 Å². The third kappa shape index (κ3) is 4.92. The standard InChI is InChI=1S/C20H38N2O9/c1-4-9-13(24)15(26)11(22)19(28-9)30-17-8(3)5-7(2)12(23)18(17)31-20-16(27)14(25)10(6-21)29-20/h7-20,23-27H,4-6,21-22H2,1-3H3/t7-,8?,9?,10-,11?,12-,13-,14?,15?,16+,17-,18?,19-,20+/m1/s1. The van der Waals surface area contributed by atoms with Gasteiger partial charge in [-0.15, -0.1) is 0 Å². The van der Waals surface area contributed by atoms with Crippen molar-refractivity contribution in [2.75, 3.05) is 6.54 Å². The zero-order valence-electron chi connectivity index (χ0n) is 18.2. The summed E-state index contributed by atoms with van der Waals surface area (Å²) in [5.74, 6) is -0.206. The molecule has 31 heavy (non-hydrogen) atoms. The van der Waals surface area contributed by atoms with Crippen LogP contribution in [0.4, 0.5) is 0 Å². The first-order valence-electron chi connectivity index (χ1n) is 11.1. The number of rotatable bonds is 6. The third-order valence-electron chi connectivity index (χ3n) is 6.83. The van der Waals surface area contributed by atoms with Crippen LogP contribution in [-0.2, 0) is 18.9 Å². The largest absolute Gasteiger partial charge is 0.390 e. The maximum absolute atomic E-state index is 10.9. The lowest BCUT2D eigenvalue weighted by Gasteiger charge is -2.47. The van der Waals surface area contributed by atoms with Gasteiger partial charge in [0, 0.05) is 6.54 Å². The highest BCUT2D eigenvalue weighted by Crippen LogP contribution is 2.37. The van der Waals surface area contributed by atoms with Crippen molar-refractivity contribution in [2.24, 2.45) is 23.3 Å². The lowest BCUT2D eigenvalue weighted by Crippen LogP contribution is -2.64. The van der Waals surface area contributed by atoms with Gasteiger partial charge < -0.3 is 55.9 Å². The second-order valence-corrected chi connectivity index (χ2v) is 9.15. The molecule has 0 aromatic rings. The molecule has 3 fully saturated rings. The van der Waals surface area contributed by atoms with E-state index in [2.05, 4.69) is 0 Å². The summed E-state index contributed by atoms with van der Waals surface area (Å²) in [6, 6.07) is -1.00. The zero-order valence-corrected chi connectivity index (χ0v) is 18.2. The maximum atomic E-state index is 10.9. The average molecular weight is 451 g/mol. The van der Waals surface area contributed by atoms with Crippen LogP contribution < -0.4 is 11.5 Å². The molecule has 0 amide bonds. The Morgan fingerprint density at radius 3 is 1.94 bits per heavy atom. The smallest absolute Gasteiger partial charge is 0.187 e. The van der Waals surface area contributed by atoms with Crippen LogP contribution >= 0.6 is 0 Å². The summed E-state index contributed by atoms with van der Waals surface area (Å²) < 4.78 is 23.4. The first-order valence-corrected chi connectivity index (χ1v) is 11.1. The predicted octanol–water partition coefficient (Wildman–Crippen LogP) is -2.62. The molecule has 3 aliphatic rings. The van der Waals surface area contributed by atoms with Crippen molar-refractivity contribution in [1.82, 2.24) is 0 Å². The van der Waals surface area contributed by atoms with Gasteiger partial charge in [-0.25, -0.2) is 0 Å². The van der Waals surface area contributed by atoms with E-state index in [9.17, 15) is 25.5 Å². The molecule has 1 aliphatic carbocycles. The van der Waals surface area contributed by atoms with Crippen LogP contribution in [0.25, 0.3) is 0 Å². The summed E-state index contributed by atoms with van der Waals surface area (Å²) in [5.41, 5.74) is 11.6. The van der Waals surface area contributed by atoms with Crippen LogP contribution in [0.15, 0.2) is 0 Å². The van der Waals surface area contributed by atoms with E-state index in [1.807, 2.05) is 20.8 Å². The highest BCUT2D eigenvalue weighted by atomic mass is 16.7. The van der Waals surface area contributed by atoms with E-state index < -0.39 is 73.6 Å². The molecule has 9 N–H and O–H groups in total. The van der Waals surface area contributed by atoms with E-state index in [1.54, 1.807) is 0 Å². The van der Waals surface area contributed by atoms with E-state index in [1.165, 1.54) is 0 Å². The summed E-state index contributed by atoms with van der Waals surface area (Å²) in [6.07, 6.45) is -10.0. The number of ether oxygens (including phenoxy) is 4. The molecule has 0 aromatic carbocycles. The normalized spacial score (nSPS) is 53.6. The average Bonchev–Trinajstić information content (AvgIpc) is 3.02. The first kappa shape index (κ1) is 25.2. The number of hydrogen-bond acceptors (Lipinski definition) is 11. The summed E-state index contributed by atoms with van der Waals surface area (Å²) in [7, 11) is 0. The van der Waals surface area contributed by atoms with Crippen molar-refractivity contribution < 1.29 is 44.5 Å². The van der Waals surface area contributed by atoms with Crippen molar-refractivity contribution in [2.45, 2.75) is 107 Å². The van der Waals surface area contributed by atoms with Gasteiger partial charge >= 0.3 is 0 Å². The van der Waals surface area contributed by atoms with Crippen LogP contribution in [0, 0.1) is 11.8 Å². The fraction of sp³-hybridized carbons (Fsp3) is 1.00. The number of aliphatic hydroxyl groups is 5. The Balaban J connectivity index is 1.78. The number of aliphatic hydroxyl groups excluding tert-OH is 5. The van der Waals surface area contributed by atoms with Crippen molar-refractivity contribution in [3.63, 3.8) is 0 Å². The molecule has 1 saturated carbocycles. The molecule has 0 spiro atoms. The summed E-state index contributed by atoms with van der Waals surface area (Å²) >= 11 is 0. The van der Waals surface area contributed by atoms with E-state index in [4.69, 9.17) is 30.4 Å². The lowest BCUT2D eigenvalue weighted by molar-refractivity contribution is -0.314. The molecule has 11 nitrogen and oxygen atoms in total. The Hall–Kier alpha value is -0.440. The van der Waals surface area contributed by atoms with Crippen LogP contribution in [0.2, 0.25) is 0 Å². The Kier molecular flexibility index (Phi) is 8.31. The molecule has 6 unspecified atom stereocenters. The quantitative estimate of drug-likeness (QED) is 0.224. The SMILES string of the molecule is CCC1O[C@H](O[C@@H]2C(C)C[C@@H](C)[C@@H](O)C2O[C@@H]2O[C@H](CN)C(O)[C@@H]2O)C(N)C(O)[C@@H]1O. The topological polar surface area (TPSA) is 190 Å². The fourth-order valence-corrected chi connectivity index (χ4v) is 4.82. The fourth-order valence-electron chi connectivity index (χ4n) is 4.82. The van der Waals surface area contributed by atoms with Crippen molar-refractivity contribution in [1.29, 1.82) is 0 Å². The molecule has 0 radical (unpaired) electrons. The third-order valence-corrected chi connectivity index (χ3v) is 6.83. The molecule has 0 aromatic heterocycles. The lowest BCUT2D eigenvalue weighted by atomic mass is 9.77. The van der Waals surface area contributed by atoms with E-state index >= 15 is 0 Å². The van der Waals surface area contributed by atoms with Crippen LogP contribution in [0.5, 0.6) is 0 Å². The number of hydrogen-bond donors (Lipinski definition) is 7. The molecule has 2 saturated heterocycles. The summed E-state index contributed by atoms with van der Waals surface area (Å²) in [4.78, 5) is 0. The van der Waals surface area contributed by atoms with E-state index in [-0.39, 0.29) is 18.4 Å². The van der Waals surface area contributed by atoms with Gasteiger partial charge in [-0.2, -0.15) is 0 Å². The van der Waals surface area contributed by atoms with Gasteiger partial charge in [-0.1, -0.05) is 20.8 Å². The maximum Gasteiger partial charge on any atom is 0.187 e. The minimum atomic E-state index is -1.33. The zero-order chi connectivity index (χ0) is 23.0. The van der Waals surface area contributed by atoms with Crippen molar-refractivity contribution >= 4 is 0 Å². The van der Waals surface area contributed by atoms with E-state index in [0.717, 1.165) is 0 Å². The Bertz CT molecular complexity index is 585.